The molecule has 4 nitrogen and oxygen atoms in total. The molecular weight excluding hydrogens is 428 g/mol. The van der Waals surface area contributed by atoms with E-state index in [1.165, 1.54) is 16.1 Å². The molecule has 0 aliphatic carbocycles. The Morgan fingerprint density at radius 1 is 1.21 bits per heavy atom. The fraction of sp³-hybridized carbons (Fsp3) is 0.429. The van der Waals surface area contributed by atoms with E-state index in [1.807, 2.05) is 18.7 Å². The normalized spacial score (nSPS) is 16.7. The van der Waals surface area contributed by atoms with E-state index in [-0.39, 0.29) is 17.7 Å². The number of fused-ring (bicyclic) bond motifs is 1. The Labute approximate surface area is 203 Å². The lowest BCUT2D eigenvalue weighted by molar-refractivity contribution is -0.0301. The smallest absolute Gasteiger partial charge is 0.119 e. The third kappa shape index (κ3) is 6.03. The predicted molar refractivity (Wildman–Crippen MR) is 141 cm³/mol. The molecule has 0 spiro atoms. The van der Waals surface area contributed by atoms with Crippen LogP contribution in [0.15, 0.2) is 78.2 Å². The first-order valence-corrected chi connectivity index (χ1v) is 12.8. The van der Waals surface area contributed by atoms with E-state index in [1.54, 1.807) is 6.08 Å². The summed E-state index contributed by atoms with van der Waals surface area (Å²) in [7, 11) is 0. The highest BCUT2D eigenvalue weighted by atomic mass is 32.2. The van der Waals surface area contributed by atoms with Crippen LogP contribution in [0.2, 0.25) is 0 Å². The summed E-state index contributed by atoms with van der Waals surface area (Å²) in [5.41, 5.74) is 10.1. The van der Waals surface area contributed by atoms with Crippen LogP contribution >= 0.6 is 11.8 Å². The molecule has 2 N–H and O–H groups in total. The summed E-state index contributed by atoms with van der Waals surface area (Å²) in [6, 6.07) is 17.4. The predicted octanol–water partition coefficient (Wildman–Crippen LogP) is 6.59. The van der Waals surface area contributed by atoms with Gasteiger partial charge < -0.3 is 20.1 Å². The average molecular weight is 467 g/mol. The van der Waals surface area contributed by atoms with E-state index in [0.717, 1.165) is 36.5 Å². The second kappa shape index (κ2) is 11.8. The van der Waals surface area contributed by atoms with Crippen LogP contribution in [0.5, 0.6) is 5.75 Å². The zero-order valence-electron chi connectivity index (χ0n) is 20.3. The number of thioether (sulfide) groups is 1. The van der Waals surface area contributed by atoms with Gasteiger partial charge in [-0.3, -0.25) is 0 Å². The lowest BCUT2D eigenvalue weighted by atomic mass is 9.79. The molecule has 0 saturated carbocycles. The molecule has 3 rings (SSSR count). The number of ether oxygens (including phenoxy) is 2. The molecule has 0 fully saturated rings. The summed E-state index contributed by atoms with van der Waals surface area (Å²) in [6.45, 7) is 15.9. The van der Waals surface area contributed by atoms with Crippen LogP contribution in [-0.4, -0.2) is 31.7 Å². The Kier molecular flexibility index (Phi) is 9.07. The van der Waals surface area contributed by atoms with Crippen molar-refractivity contribution in [1.82, 2.24) is 0 Å². The minimum absolute atomic E-state index is 0.171. The molecule has 0 aromatic heterocycles. The minimum atomic E-state index is -0.360. The fourth-order valence-electron chi connectivity index (χ4n) is 4.37. The van der Waals surface area contributed by atoms with Gasteiger partial charge in [0.25, 0.3) is 0 Å². The van der Waals surface area contributed by atoms with Gasteiger partial charge in [-0.2, -0.15) is 0 Å². The maximum absolute atomic E-state index is 6.69. The van der Waals surface area contributed by atoms with Crippen molar-refractivity contribution < 1.29 is 9.47 Å². The molecule has 33 heavy (non-hydrogen) atoms. The Hall–Kier alpha value is -2.21. The zero-order valence-corrected chi connectivity index (χ0v) is 21.1. The number of hydrogen-bond donors (Lipinski definition) is 1. The SMILES string of the molecule is C=CCOc1ccc(C2CSc3ccccc3N2CC(CC)(CC)C(N)OCC(=C)C)cc1. The molecule has 178 valence electrons. The molecule has 0 radical (unpaired) electrons. The van der Waals surface area contributed by atoms with Crippen LogP contribution in [0, 0.1) is 5.41 Å². The average Bonchev–Trinajstić information content (AvgIpc) is 2.85. The Morgan fingerprint density at radius 3 is 2.55 bits per heavy atom. The lowest BCUT2D eigenvalue weighted by Gasteiger charge is -2.47. The van der Waals surface area contributed by atoms with Crippen molar-refractivity contribution in [1.29, 1.82) is 0 Å². The quantitative estimate of drug-likeness (QED) is 0.282. The van der Waals surface area contributed by atoms with Crippen LogP contribution in [0.3, 0.4) is 0 Å². The molecule has 2 aromatic carbocycles. The lowest BCUT2D eigenvalue weighted by Crippen LogP contribution is -2.52. The van der Waals surface area contributed by atoms with Gasteiger partial charge in [-0.25, -0.2) is 0 Å². The van der Waals surface area contributed by atoms with Crippen molar-refractivity contribution in [2.75, 3.05) is 30.4 Å². The summed E-state index contributed by atoms with van der Waals surface area (Å²) >= 11 is 1.92. The summed E-state index contributed by atoms with van der Waals surface area (Å²) < 4.78 is 11.8. The number of nitrogens with zero attached hydrogens (tertiary/aromatic N) is 1. The maximum atomic E-state index is 6.69. The van der Waals surface area contributed by atoms with Crippen LogP contribution in [0.25, 0.3) is 0 Å². The first-order chi connectivity index (χ1) is 15.9. The van der Waals surface area contributed by atoms with E-state index in [4.69, 9.17) is 15.2 Å². The molecule has 2 unspecified atom stereocenters. The first-order valence-electron chi connectivity index (χ1n) is 11.8. The Balaban J connectivity index is 1.94. The molecule has 0 bridgehead atoms. The van der Waals surface area contributed by atoms with Gasteiger partial charge >= 0.3 is 0 Å². The first kappa shape index (κ1) is 25.4. The molecule has 0 amide bonds. The number of hydrogen-bond acceptors (Lipinski definition) is 5. The molecule has 2 atom stereocenters. The van der Waals surface area contributed by atoms with Gasteiger partial charge in [0.1, 0.15) is 18.6 Å². The highest BCUT2D eigenvalue weighted by Gasteiger charge is 2.40. The van der Waals surface area contributed by atoms with Gasteiger partial charge in [0.2, 0.25) is 0 Å². The highest BCUT2D eigenvalue weighted by Crippen LogP contribution is 2.46. The molecule has 2 aromatic rings. The van der Waals surface area contributed by atoms with E-state index < -0.39 is 0 Å². The summed E-state index contributed by atoms with van der Waals surface area (Å²) in [5, 5.41) is 0. The van der Waals surface area contributed by atoms with Gasteiger partial charge in [0.15, 0.2) is 0 Å². The topological polar surface area (TPSA) is 47.7 Å². The molecular formula is C28H38N2O2S. The van der Waals surface area contributed by atoms with E-state index in [0.29, 0.717) is 13.2 Å². The molecule has 1 aliphatic rings. The second-order valence-corrected chi connectivity index (χ2v) is 9.91. The van der Waals surface area contributed by atoms with Crippen molar-refractivity contribution in [2.24, 2.45) is 11.1 Å². The molecule has 1 heterocycles. The Bertz CT molecular complexity index is 924. The minimum Gasteiger partial charge on any atom is -0.490 e. The van der Waals surface area contributed by atoms with Crippen molar-refractivity contribution in [3.63, 3.8) is 0 Å². The van der Waals surface area contributed by atoms with Gasteiger partial charge in [0.05, 0.1) is 18.3 Å². The van der Waals surface area contributed by atoms with Crippen molar-refractivity contribution >= 4 is 17.4 Å². The maximum Gasteiger partial charge on any atom is 0.119 e. The van der Waals surface area contributed by atoms with Crippen molar-refractivity contribution in [3.8, 4) is 5.75 Å². The van der Waals surface area contributed by atoms with Gasteiger partial charge in [0, 0.05) is 22.6 Å². The monoisotopic (exact) mass is 466 g/mol. The fourth-order valence-corrected chi connectivity index (χ4v) is 5.59. The van der Waals surface area contributed by atoms with E-state index in [9.17, 15) is 0 Å². The largest absolute Gasteiger partial charge is 0.490 e. The number of benzene rings is 2. The van der Waals surface area contributed by atoms with E-state index in [2.05, 4.69) is 80.4 Å². The zero-order chi connectivity index (χ0) is 23.8. The number of anilines is 1. The Morgan fingerprint density at radius 2 is 1.91 bits per heavy atom. The van der Waals surface area contributed by atoms with Crippen LogP contribution in [0.1, 0.15) is 45.2 Å². The highest BCUT2D eigenvalue weighted by molar-refractivity contribution is 7.99. The van der Waals surface area contributed by atoms with Gasteiger partial charge in [-0.05, 0) is 49.6 Å². The summed E-state index contributed by atoms with van der Waals surface area (Å²) in [5.74, 6) is 1.84. The third-order valence-corrected chi connectivity index (χ3v) is 7.73. The van der Waals surface area contributed by atoms with E-state index >= 15 is 0 Å². The van der Waals surface area contributed by atoms with Crippen molar-refractivity contribution in [2.45, 2.75) is 50.8 Å². The van der Waals surface area contributed by atoms with Crippen molar-refractivity contribution in [3.05, 3.63) is 78.9 Å². The van der Waals surface area contributed by atoms with Gasteiger partial charge in [-0.15, -0.1) is 11.8 Å². The summed E-state index contributed by atoms with van der Waals surface area (Å²) in [6.07, 6.45) is 3.28. The third-order valence-electron chi connectivity index (χ3n) is 6.59. The standard InChI is InChI=1S/C28H38N2O2S/c1-6-17-31-23-15-13-22(14-16-23)25-19-33-26-12-10-9-11-24(26)30(25)20-28(7-2,8-3)27(29)32-18-21(4)5/h6,9-16,25,27H,1,4,7-8,17-20,29H2,2-3,5H3. The summed E-state index contributed by atoms with van der Waals surface area (Å²) in [4.78, 5) is 3.86. The number of para-hydroxylation sites is 1. The number of rotatable bonds is 12. The van der Waals surface area contributed by atoms with Gasteiger partial charge in [-0.1, -0.05) is 62.9 Å². The van der Waals surface area contributed by atoms with Crippen LogP contribution in [0.4, 0.5) is 5.69 Å². The molecule has 1 aliphatic heterocycles. The molecule has 5 heteroatoms. The molecule has 0 saturated heterocycles. The van der Waals surface area contributed by atoms with Crippen LogP contribution < -0.4 is 15.4 Å². The number of nitrogens with two attached hydrogens (primary N) is 1. The van der Waals surface area contributed by atoms with Crippen LogP contribution in [-0.2, 0) is 4.74 Å². The second-order valence-electron chi connectivity index (χ2n) is 8.85.